The first-order valence-corrected chi connectivity index (χ1v) is 5.35. The molecule has 0 fully saturated rings. The molecule has 0 aliphatic carbocycles. The number of rotatable bonds is 5. The lowest BCUT2D eigenvalue weighted by atomic mass is 10.3. The van der Waals surface area contributed by atoms with E-state index in [4.69, 9.17) is 4.74 Å². The highest BCUT2D eigenvalue weighted by Crippen LogP contribution is 2.11. The number of aromatic nitrogens is 2. The van der Waals surface area contributed by atoms with Crippen molar-refractivity contribution in [3.63, 3.8) is 0 Å². The van der Waals surface area contributed by atoms with Gasteiger partial charge in [0.15, 0.2) is 5.82 Å². The Morgan fingerprint density at radius 2 is 2.31 bits per heavy atom. The molecule has 0 saturated heterocycles. The minimum atomic E-state index is -0.248. The molecule has 5 nitrogen and oxygen atoms in total. The van der Waals surface area contributed by atoms with Crippen LogP contribution in [-0.2, 0) is 9.53 Å². The van der Waals surface area contributed by atoms with Crippen molar-refractivity contribution < 1.29 is 9.53 Å². The molecule has 0 aromatic carbocycles. The second-order valence-electron chi connectivity index (χ2n) is 3.61. The van der Waals surface area contributed by atoms with Crippen LogP contribution >= 0.6 is 0 Å². The molecule has 0 bridgehead atoms. The molecule has 0 radical (unpaired) electrons. The third-order valence-corrected chi connectivity index (χ3v) is 2.08. The summed E-state index contributed by atoms with van der Waals surface area (Å²) in [6.45, 7) is 6.37. The third-order valence-electron chi connectivity index (χ3n) is 2.08. The minimum absolute atomic E-state index is 0.168. The van der Waals surface area contributed by atoms with Crippen LogP contribution in [0.1, 0.15) is 20.8 Å². The van der Waals surface area contributed by atoms with Gasteiger partial charge in [-0.25, -0.2) is 0 Å². The zero-order chi connectivity index (χ0) is 12.0. The summed E-state index contributed by atoms with van der Waals surface area (Å²) in [5.74, 6) is 0.437. The highest BCUT2D eigenvalue weighted by atomic mass is 16.5. The Kier molecular flexibility index (Phi) is 4.69. The summed E-state index contributed by atoms with van der Waals surface area (Å²) in [4.78, 5) is 13.3. The van der Waals surface area contributed by atoms with E-state index in [0.29, 0.717) is 12.4 Å². The fourth-order valence-corrected chi connectivity index (χ4v) is 1.32. The number of hydrogen-bond donors (Lipinski definition) is 0. The van der Waals surface area contributed by atoms with Crippen molar-refractivity contribution in [1.82, 2.24) is 10.2 Å². The van der Waals surface area contributed by atoms with Gasteiger partial charge in [-0.1, -0.05) is 0 Å². The van der Waals surface area contributed by atoms with Gasteiger partial charge >= 0.3 is 5.97 Å². The molecule has 1 rings (SSSR count). The largest absolute Gasteiger partial charge is 0.465 e. The standard InChI is InChI=1S/C11H17N3O2/c1-4-16-11(15)8-14(9(2)3)10-6-5-7-12-13-10/h5-7,9H,4,8H2,1-3H3. The Labute approximate surface area is 95.4 Å². The number of carbonyl (C=O) groups excluding carboxylic acids is 1. The molecule has 5 heteroatoms. The lowest BCUT2D eigenvalue weighted by molar-refractivity contribution is -0.141. The van der Waals surface area contributed by atoms with E-state index in [-0.39, 0.29) is 18.6 Å². The van der Waals surface area contributed by atoms with Gasteiger partial charge in [0.1, 0.15) is 6.54 Å². The van der Waals surface area contributed by atoms with E-state index in [9.17, 15) is 4.79 Å². The normalized spacial score (nSPS) is 10.2. The van der Waals surface area contributed by atoms with Crippen LogP contribution < -0.4 is 4.90 Å². The maximum absolute atomic E-state index is 11.4. The molecule has 0 amide bonds. The van der Waals surface area contributed by atoms with Crippen LogP contribution in [0, 0.1) is 0 Å². The maximum Gasteiger partial charge on any atom is 0.325 e. The highest BCUT2D eigenvalue weighted by molar-refractivity contribution is 5.75. The van der Waals surface area contributed by atoms with E-state index in [2.05, 4.69) is 10.2 Å². The van der Waals surface area contributed by atoms with Gasteiger partial charge in [-0.15, -0.1) is 5.10 Å². The molecule has 16 heavy (non-hydrogen) atoms. The van der Waals surface area contributed by atoms with Crippen LogP contribution in [0.5, 0.6) is 0 Å². The zero-order valence-corrected chi connectivity index (χ0v) is 9.88. The zero-order valence-electron chi connectivity index (χ0n) is 9.88. The smallest absolute Gasteiger partial charge is 0.325 e. The maximum atomic E-state index is 11.4. The van der Waals surface area contributed by atoms with E-state index < -0.39 is 0 Å². The summed E-state index contributed by atoms with van der Waals surface area (Å²) in [7, 11) is 0. The predicted molar refractivity (Wildman–Crippen MR) is 61.1 cm³/mol. The summed E-state index contributed by atoms with van der Waals surface area (Å²) in [6.07, 6.45) is 1.60. The van der Waals surface area contributed by atoms with Crippen LogP contribution in [0.3, 0.4) is 0 Å². The number of anilines is 1. The highest BCUT2D eigenvalue weighted by Gasteiger charge is 2.16. The fraction of sp³-hybridized carbons (Fsp3) is 0.545. The molecule has 1 aromatic rings. The summed E-state index contributed by atoms with van der Waals surface area (Å²) in [5, 5.41) is 7.78. The van der Waals surface area contributed by atoms with E-state index in [1.165, 1.54) is 0 Å². The van der Waals surface area contributed by atoms with E-state index >= 15 is 0 Å². The number of esters is 1. The van der Waals surface area contributed by atoms with Crippen molar-refractivity contribution in [2.75, 3.05) is 18.1 Å². The Hall–Kier alpha value is -1.65. The fourth-order valence-electron chi connectivity index (χ4n) is 1.32. The first kappa shape index (κ1) is 12.4. The second kappa shape index (κ2) is 6.05. The number of nitrogens with zero attached hydrogens (tertiary/aromatic N) is 3. The quantitative estimate of drug-likeness (QED) is 0.703. The molecule has 0 unspecified atom stereocenters. The van der Waals surface area contributed by atoms with Gasteiger partial charge in [-0.3, -0.25) is 4.79 Å². The van der Waals surface area contributed by atoms with Gasteiger partial charge in [0, 0.05) is 12.2 Å². The Morgan fingerprint density at radius 3 is 2.81 bits per heavy atom. The number of hydrogen-bond acceptors (Lipinski definition) is 5. The van der Waals surface area contributed by atoms with E-state index in [1.807, 2.05) is 24.8 Å². The molecule has 0 saturated carbocycles. The third kappa shape index (κ3) is 3.49. The monoisotopic (exact) mass is 223 g/mol. The van der Waals surface area contributed by atoms with Gasteiger partial charge < -0.3 is 9.64 Å². The number of ether oxygens (including phenoxy) is 1. The minimum Gasteiger partial charge on any atom is -0.465 e. The number of carbonyl (C=O) groups is 1. The molecular weight excluding hydrogens is 206 g/mol. The summed E-state index contributed by atoms with van der Waals surface area (Å²) >= 11 is 0. The van der Waals surface area contributed by atoms with Gasteiger partial charge in [0.05, 0.1) is 6.61 Å². The van der Waals surface area contributed by atoms with Gasteiger partial charge in [0.25, 0.3) is 0 Å². The van der Waals surface area contributed by atoms with Gasteiger partial charge in [-0.05, 0) is 32.9 Å². The molecule has 0 aliphatic rings. The summed E-state index contributed by atoms with van der Waals surface area (Å²) in [5.41, 5.74) is 0. The van der Waals surface area contributed by atoms with Crippen molar-refractivity contribution in [2.24, 2.45) is 0 Å². The molecule has 0 spiro atoms. The first-order chi connectivity index (χ1) is 7.65. The Bertz CT molecular complexity index is 327. The van der Waals surface area contributed by atoms with Crippen LogP contribution in [0.25, 0.3) is 0 Å². The summed E-state index contributed by atoms with van der Waals surface area (Å²) in [6, 6.07) is 3.79. The topological polar surface area (TPSA) is 55.3 Å². The van der Waals surface area contributed by atoms with Crippen molar-refractivity contribution >= 4 is 11.8 Å². The Morgan fingerprint density at radius 1 is 1.56 bits per heavy atom. The lowest BCUT2D eigenvalue weighted by Gasteiger charge is -2.25. The average molecular weight is 223 g/mol. The van der Waals surface area contributed by atoms with Crippen molar-refractivity contribution in [3.05, 3.63) is 18.3 Å². The van der Waals surface area contributed by atoms with Gasteiger partial charge in [-0.2, -0.15) is 5.10 Å². The lowest BCUT2D eigenvalue weighted by Crippen LogP contribution is -2.37. The molecule has 0 aliphatic heterocycles. The average Bonchev–Trinajstić information content (AvgIpc) is 2.27. The van der Waals surface area contributed by atoms with Crippen molar-refractivity contribution in [2.45, 2.75) is 26.8 Å². The SMILES string of the molecule is CCOC(=O)CN(c1cccnn1)C(C)C. The Balaban J connectivity index is 2.73. The van der Waals surface area contributed by atoms with Crippen LogP contribution in [0.4, 0.5) is 5.82 Å². The molecule has 0 atom stereocenters. The molecule has 1 aromatic heterocycles. The van der Waals surface area contributed by atoms with Crippen LogP contribution in [0.15, 0.2) is 18.3 Å². The van der Waals surface area contributed by atoms with Gasteiger partial charge in [0.2, 0.25) is 0 Å². The van der Waals surface area contributed by atoms with E-state index in [0.717, 1.165) is 0 Å². The first-order valence-electron chi connectivity index (χ1n) is 5.35. The predicted octanol–water partition coefficient (Wildman–Crippen LogP) is 1.25. The van der Waals surface area contributed by atoms with Crippen molar-refractivity contribution in [3.8, 4) is 0 Å². The molecular formula is C11H17N3O2. The molecule has 88 valence electrons. The van der Waals surface area contributed by atoms with E-state index in [1.54, 1.807) is 19.2 Å². The summed E-state index contributed by atoms with van der Waals surface area (Å²) < 4.78 is 4.92. The van der Waals surface area contributed by atoms with Crippen LogP contribution in [0.2, 0.25) is 0 Å². The van der Waals surface area contributed by atoms with Crippen LogP contribution in [-0.4, -0.2) is 35.4 Å². The molecule has 0 N–H and O–H groups in total. The molecule has 1 heterocycles. The van der Waals surface area contributed by atoms with Crippen molar-refractivity contribution in [1.29, 1.82) is 0 Å². The second-order valence-corrected chi connectivity index (χ2v) is 3.61.